The van der Waals surface area contributed by atoms with Crippen LogP contribution in [0.2, 0.25) is 0 Å². The molecule has 3 aromatic rings. The highest BCUT2D eigenvalue weighted by Crippen LogP contribution is 2.39. The summed E-state index contributed by atoms with van der Waals surface area (Å²) < 4.78 is 83.4. The predicted octanol–water partition coefficient (Wildman–Crippen LogP) is 4.73. The van der Waals surface area contributed by atoms with Gasteiger partial charge in [-0.3, -0.25) is 4.72 Å². The van der Waals surface area contributed by atoms with E-state index in [1.165, 1.54) is 23.5 Å². The Balaban J connectivity index is 1.56. The number of hydrogen-bond donors (Lipinski definition) is 3. The molecule has 1 fully saturated rings. The molecule has 0 saturated carbocycles. The molecule has 2 atom stereocenters. The van der Waals surface area contributed by atoms with Gasteiger partial charge in [0.25, 0.3) is 0 Å². The normalized spacial score (nSPS) is 18.3. The largest absolute Gasteiger partial charge is 0.437 e. The maximum absolute atomic E-state index is 13.7. The molecular weight excluding hydrogens is 548 g/mol. The lowest BCUT2D eigenvalue weighted by molar-refractivity contribution is -0.106. The second-order valence-corrected chi connectivity index (χ2v) is 11.9. The van der Waals surface area contributed by atoms with Crippen molar-refractivity contribution >= 4 is 33.0 Å². The van der Waals surface area contributed by atoms with E-state index in [-0.39, 0.29) is 17.6 Å². The van der Waals surface area contributed by atoms with Gasteiger partial charge in [0.1, 0.15) is 16.8 Å². The van der Waals surface area contributed by atoms with Crippen LogP contribution in [0.1, 0.15) is 22.6 Å². The van der Waals surface area contributed by atoms with Gasteiger partial charge in [-0.05, 0) is 50.1 Å². The third kappa shape index (κ3) is 7.29. The number of aromatic nitrogens is 3. The average molecular weight is 575 g/mol. The number of piperidine rings is 1. The highest BCUT2D eigenvalue weighted by molar-refractivity contribution is 7.92. The summed E-state index contributed by atoms with van der Waals surface area (Å²) in [6.07, 6.45) is -3.90. The molecule has 9 nitrogen and oxygen atoms in total. The number of hydrogen-bond acceptors (Lipinski definition) is 9. The van der Waals surface area contributed by atoms with Crippen molar-refractivity contribution in [1.82, 2.24) is 20.3 Å². The van der Waals surface area contributed by atoms with Crippen molar-refractivity contribution in [2.45, 2.75) is 45.6 Å². The summed E-state index contributed by atoms with van der Waals surface area (Å²) in [5, 5.41) is 6.86. The molecular formula is C23H26F4N6O3S2. The third-order valence-corrected chi connectivity index (χ3v) is 7.78. The number of nitrogens with one attached hydrogen (secondary N) is 3. The van der Waals surface area contributed by atoms with Crippen molar-refractivity contribution < 1.29 is 30.7 Å². The SMILES string of the molecule is Cc1nc(Oc2cc(C)c(NS(=O)(=O)CC(F)(F)F)cc2C)c(-c2ccnc(N[C@@H]3CNC[C@@H](F)C3)n2)s1. The number of aryl methyl sites for hydroxylation is 3. The van der Waals surface area contributed by atoms with Crippen LogP contribution < -0.4 is 20.1 Å². The summed E-state index contributed by atoms with van der Waals surface area (Å²) in [6, 6.07) is 4.46. The zero-order valence-corrected chi connectivity index (χ0v) is 22.3. The van der Waals surface area contributed by atoms with Gasteiger partial charge in [-0.2, -0.15) is 13.2 Å². The van der Waals surface area contributed by atoms with E-state index >= 15 is 0 Å². The monoisotopic (exact) mass is 574 g/mol. The minimum Gasteiger partial charge on any atom is -0.437 e. The van der Waals surface area contributed by atoms with Crippen molar-refractivity contribution in [3.05, 3.63) is 40.5 Å². The minimum atomic E-state index is -4.87. The highest BCUT2D eigenvalue weighted by atomic mass is 32.2. The number of benzene rings is 1. The number of alkyl halides is 4. The zero-order chi connectivity index (χ0) is 27.7. The fraction of sp³-hybridized carbons (Fsp3) is 0.435. The number of sulfonamides is 1. The standard InChI is InChI=1S/C23H26F4N6O3S2/c1-12-7-19(13(2)6-18(12)33-38(34,35)11-23(25,26)27)36-21-20(37-14(3)30-21)17-4-5-29-22(32-17)31-16-8-15(24)9-28-10-16/h4-7,15-16,28,33H,8-11H2,1-3H3,(H,29,31,32)/t15-,16-/m0/s1. The second-order valence-electron chi connectivity index (χ2n) is 8.98. The number of anilines is 2. The lowest BCUT2D eigenvalue weighted by Crippen LogP contribution is -2.44. The van der Waals surface area contributed by atoms with Crippen molar-refractivity contribution in [2.75, 3.05) is 28.9 Å². The van der Waals surface area contributed by atoms with Gasteiger partial charge >= 0.3 is 6.18 Å². The lowest BCUT2D eigenvalue weighted by Gasteiger charge is -2.26. The van der Waals surface area contributed by atoms with Crippen molar-refractivity contribution in [3.63, 3.8) is 0 Å². The predicted molar refractivity (Wildman–Crippen MR) is 137 cm³/mol. The lowest BCUT2D eigenvalue weighted by atomic mass is 10.1. The van der Waals surface area contributed by atoms with Crippen molar-refractivity contribution in [3.8, 4) is 22.2 Å². The van der Waals surface area contributed by atoms with Crippen LogP contribution in [-0.4, -0.2) is 60.6 Å². The molecule has 0 amide bonds. The molecule has 206 valence electrons. The summed E-state index contributed by atoms with van der Waals surface area (Å²) in [5.74, 6) is -1.04. The van der Waals surface area contributed by atoms with Crippen LogP contribution in [0.15, 0.2) is 24.4 Å². The van der Waals surface area contributed by atoms with E-state index in [1.807, 2.05) is 4.72 Å². The zero-order valence-electron chi connectivity index (χ0n) is 20.7. The molecule has 1 saturated heterocycles. The third-order valence-electron chi connectivity index (χ3n) is 5.57. The molecule has 0 aliphatic carbocycles. The molecule has 1 aliphatic rings. The second kappa shape index (κ2) is 11.0. The van der Waals surface area contributed by atoms with E-state index in [0.29, 0.717) is 57.9 Å². The molecule has 0 unspecified atom stereocenters. The first kappa shape index (κ1) is 28.0. The van der Waals surface area contributed by atoms with E-state index in [4.69, 9.17) is 4.74 Å². The summed E-state index contributed by atoms with van der Waals surface area (Å²) in [4.78, 5) is 13.9. The summed E-state index contributed by atoms with van der Waals surface area (Å²) in [7, 11) is -4.63. The van der Waals surface area contributed by atoms with E-state index in [1.54, 1.807) is 33.0 Å². The Morgan fingerprint density at radius 3 is 2.63 bits per heavy atom. The Morgan fingerprint density at radius 1 is 1.16 bits per heavy atom. The van der Waals surface area contributed by atoms with Gasteiger partial charge in [-0.1, -0.05) is 0 Å². The molecule has 3 N–H and O–H groups in total. The van der Waals surface area contributed by atoms with Crippen LogP contribution >= 0.6 is 11.3 Å². The Hall–Kier alpha value is -3.04. The van der Waals surface area contributed by atoms with Crippen LogP contribution in [-0.2, 0) is 10.0 Å². The van der Waals surface area contributed by atoms with E-state index in [2.05, 4.69) is 25.6 Å². The first-order valence-corrected chi connectivity index (χ1v) is 14.0. The fourth-order valence-electron chi connectivity index (χ4n) is 3.91. The van der Waals surface area contributed by atoms with E-state index < -0.39 is 28.1 Å². The van der Waals surface area contributed by atoms with Crippen LogP contribution in [0.3, 0.4) is 0 Å². The van der Waals surface area contributed by atoms with Gasteiger partial charge in [-0.15, -0.1) is 11.3 Å². The van der Waals surface area contributed by atoms with Crippen LogP contribution in [0.4, 0.5) is 29.2 Å². The smallest absolute Gasteiger partial charge is 0.404 e. The quantitative estimate of drug-likeness (QED) is 0.331. The van der Waals surface area contributed by atoms with Gasteiger partial charge in [0, 0.05) is 31.7 Å². The molecule has 0 spiro atoms. The Morgan fingerprint density at radius 2 is 1.92 bits per heavy atom. The van der Waals surface area contributed by atoms with E-state index in [9.17, 15) is 26.0 Å². The van der Waals surface area contributed by atoms with Crippen LogP contribution in [0.5, 0.6) is 11.6 Å². The molecule has 3 heterocycles. The molecule has 2 aromatic heterocycles. The molecule has 1 aliphatic heterocycles. The molecule has 15 heteroatoms. The number of rotatable bonds is 8. The molecule has 0 radical (unpaired) electrons. The van der Waals surface area contributed by atoms with Gasteiger partial charge in [-0.25, -0.2) is 27.8 Å². The Labute approximate surface area is 221 Å². The number of thiazole rings is 1. The van der Waals surface area contributed by atoms with Gasteiger partial charge < -0.3 is 15.4 Å². The molecule has 4 rings (SSSR count). The molecule has 1 aromatic carbocycles. The van der Waals surface area contributed by atoms with E-state index in [0.717, 1.165) is 0 Å². The van der Waals surface area contributed by atoms with Gasteiger partial charge in [0.15, 0.2) is 5.75 Å². The summed E-state index contributed by atoms with van der Waals surface area (Å²) in [6.45, 7) is 5.89. The van der Waals surface area contributed by atoms with Crippen molar-refractivity contribution in [2.24, 2.45) is 0 Å². The topological polar surface area (TPSA) is 118 Å². The summed E-state index contributed by atoms with van der Waals surface area (Å²) >= 11 is 1.34. The Bertz CT molecular complexity index is 1410. The Kier molecular flexibility index (Phi) is 8.09. The van der Waals surface area contributed by atoms with Gasteiger partial charge in [0.2, 0.25) is 21.9 Å². The maximum Gasteiger partial charge on any atom is 0.404 e. The van der Waals surface area contributed by atoms with Crippen LogP contribution in [0, 0.1) is 20.8 Å². The first-order valence-electron chi connectivity index (χ1n) is 11.6. The van der Waals surface area contributed by atoms with Crippen molar-refractivity contribution in [1.29, 1.82) is 0 Å². The number of ether oxygens (including phenoxy) is 1. The first-order chi connectivity index (χ1) is 17.8. The van der Waals surface area contributed by atoms with Crippen LogP contribution in [0.25, 0.3) is 10.6 Å². The summed E-state index contributed by atoms with van der Waals surface area (Å²) in [5.41, 5.74) is 1.40. The molecule has 0 bridgehead atoms. The highest BCUT2D eigenvalue weighted by Gasteiger charge is 2.35. The minimum absolute atomic E-state index is 0.0213. The maximum atomic E-state index is 13.7. The van der Waals surface area contributed by atoms with Gasteiger partial charge in [0.05, 0.1) is 16.4 Å². The average Bonchev–Trinajstić information content (AvgIpc) is 3.15. The fourth-order valence-corrected chi connectivity index (χ4v) is 5.78. The number of nitrogens with zero attached hydrogens (tertiary/aromatic N) is 3. The number of halogens is 4. The molecule has 38 heavy (non-hydrogen) atoms.